The van der Waals surface area contributed by atoms with Crippen molar-refractivity contribution in [1.29, 1.82) is 0 Å². The molecule has 18 heavy (non-hydrogen) atoms. The molecule has 0 atom stereocenters. The molecule has 3 N–H and O–H groups in total. The number of amides is 1. The zero-order valence-corrected chi connectivity index (χ0v) is 10.6. The van der Waals surface area contributed by atoms with Crippen LogP contribution in [0.25, 0.3) is 0 Å². The van der Waals surface area contributed by atoms with Crippen LogP contribution in [0.1, 0.15) is 21.7 Å². The van der Waals surface area contributed by atoms with E-state index in [0.717, 1.165) is 17.0 Å². The Morgan fingerprint density at radius 3 is 2.78 bits per heavy atom. The van der Waals surface area contributed by atoms with E-state index in [1.165, 1.54) is 0 Å². The second kappa shape index (κ2) is 5.14. The molecule has 0 saturated carbocycles. The van der Waals surface area contributed by atoms with Gasteiger partial charge in [0.15, 0.2) is 5.22 Å². The molecule has 1 aromatic carbocycles. The van der Waals surface area contributed by atoms with Gasteiger partial charge >= 0.3 is 0 Å². The van der Waals surface area contributed by atoms with Crippen LogP contribution in [-0.2, 0) is 6.54 Å². The molecule has 2 aromatic rings. The number of carbonyl (C=O) groups is 1. The Balaban J connectivity index is 2.14. The molecule has 1 aromatic heterocycles. The number of hydrogen-bond acceptors (Lipinski definition) is 3. The third-order valence-electron chi connectivity index (χ3n) is 2.68. The number of nitrogens with one attached hydrogen (secondary N) is 1. The summed E-state index contributed by atoms with van der Waals surface area (Å²) in [6, 6.07) is 8.84. The molecule has 0 unspecified atom stereocenters. The van der Waals surface area contributed by atoms with Crippen molar-refractivity contribution in [3.8, 4) is 0 Å². The lowest BCUT2D eigenvalue weighted by Crippen LogP contribution is -2.13. The van der Waals surface area contributed by atoms with Crippen LogP contribution in [0.2, 0.25) is 5.22 Å². The molecule has 0 bridgehead atoms. The Labute approximate surface area is 110 Å². The minimum Gasteiger partial charge on any atom is -0.448 e. The van der Waals surface area contributed by atoms with Crippen LogP contribution in [0.15, 0.2) is 34.7 Å². The van der Waals surface area contributed by atoms with Crippen LogP contribution in [0, 0.1) is 6.92 Å². The Bertz CT molecular complexity index is 578. The molecule has 5 heteroatoms. The summed E-state index contributed by atoms with van der Waals surface area (Å²) in [5, 5.41) is 3.53. The van der Waals surface area contributed by atoms with Crippen LogP contribution < -0.4 is 11.1 Å². The van der Waals surface area contributed by atoms with E-state index < -0.39 is 5.91 Å². The van der Waals surface area contributed by atoms with Crippen LogP contribution in [-0.4, -0.2) is 5.91 Å². The molecular weight excluding hydrogens is 252 g/mol. The first-order chi connectivity index (χ1) is 8.58. The molecule has 0 spiro atoms. The Kier molecular flexibility index (Phi) is 3.58. The van der Waals surface area contributed by atoms with Crippen LogP contribution in [0.5, 0.6) is 0 Å². The van der Waals surface area contributed by atoms with Gasteiger partial charge in [0.05, 0.1) is 6.54 Å². The second-order valence-corrected chi connectivity index (χ2v) is 4.27. The lowest BCUT2D eigenvalue weighted by Gasteiger charge is -2.10. The smallest absolute Gasteiger partial charge is 0.249 e. The maximum Gasteiger partial charge on any atom is 0.249 e. The van der Waals surface area contributed by atoms with Crippen molar-refractivity contribution in [3.05, 3.63) is 52.4 Å². The molecular formula is C13H13ClN2O2. The number of benzene rings is 1. The molecule has 94 valence electrons. The van der Waals surface area contributed by atoms with Crippen LogP contribution >= 0.6 is 11.6 Å². The van der Waals surface area contributed by atoms with Crippen molar-refractivity contribution < 1.29 is 9.21 Å². The summed E-state index contributed by atoms with van der Waals surface area (Å²) in [4.78, 5) is 11.2. The zero-order valence-electron chi connectivity index (χ0n) is 9.87. The summed E-state index contributed by atoms with van der Waals surface area (Å²) in [6.45, 7) is 2.34. The fraction of sp³-hybridized carbons (Fsp3) is 0.154. The fourth-order valence-electron chi connectivity index (χ4n) is 1.72. The number of halogens is 1. The molecule has 0 radical (unpaired) electrons. The van der Waals surface area contributed by atoms with Crippen molar-refractivity contribution in [1.82, 2.24) is 0 Å². The Hall–Kier alpha value is -1.94. The predicted octanol–water partition coefficient (Wildman–Crippen LogP) is 2.95. The molecule has 1 heterocycles. The maximum atomic E-state index is 11.2. The van der Waals surface area contributed by atoms with Crippen molar-refractivity contribution in [2.24, 2.45) is 5.73 Å². The monoisotopic (exact) mass is 264 g/mol. The van der Waals surface area contributed by atoms with Gasteiger partial charge in [0, 0.05) is 11.3 Å². The van der Waals surface area contributed by atoms with E-state index in [0.29, 0.717) is 17.3 Å². The normalized spacial score (nSPS) is 10.3. The van der Waals surface area contributed by atoms with Gasteiger partial charge in [-0.05, 0) is 48.4 Å². The summed E-state index contributed by atoms with van der Waals surface area (Å²) in [6.07, 6.45) is 0. The summed E-state index contributed by atoms with van der Waals surface area (Å²) >= 11 is 5.68. The van der Waals surface area contributed by atoms with Gasteiger partial charge in [0.2, 0.25) is 5.91 Å². The minimum atomic E-state index is -0.433. The maximum absolute atomic E-state index is 11.2. The third kappa shape index (κ3) is 2.65. The zero-order chi connectivity index (χ0) is 13.1. The highest BCUT2D eigenvalue weighted by atomic mass is 35.5. The van der Waals surface area contributed by atoms with Crippen LogP contribution in [0.3, 0.4) is 0 Å². The summed E-state index contributed by atoms with van der Waals surface area (Å²) < 4.78 is 5.23. The molecule has 0 aliphatic carbocycles. The minimum absolute atomic E-state index is 0.356. The highest BCUT2D eigenvalue weighted by molar-refractivity contribution is 6.28. The van der Waals surface area contributed by atoms with E-state index in [9.17, 15) is 4.79 Å². The fourth-order valence-corrected chi connectivity index (χ4v) is 1.89. The average Bonchev–Trinajstić information content (AvgIpc) is 2.73. The SMILES string of the molecule is Cc1c(NCc2ccc(Cl)o2)cccc1C(N)=O. The predicted molar refractivity (Wildman–Crippen MR) is 70.7 cm³/mol. The number of rotatable bonds is 4. The lowest BCUT2D eigenvalue weighted by atomic mass is 10.1. The summed E-state index contributed by atoms with van der Waals surface area (Å²) in [5.41, 5.74) is 7.47. The molecule has 4 nitrogen and oxygen atoms in total. The average molecular weight is 265 g/mol. The molecule has 1 amide bonds. The van der Waals surface area contributed by atoms with Gasteiger partial charge in [0.25, 0.3) is 0 Å². The summed E-state index contributed by atoms with van der Waals surface area (Å²) in [7, 11) is 0. The Morgan fingerprint density at radius 2 is 2.17 bits per heavy atom. The first kappa shape index (κ1) is 12.5. The van der Waals surface area contributed by atoms with Crippen LogP contribution in [0.4, 0.5) is 5.69 Å². The molecule has 0 saturated heterocycles. The highest BCUT2D eigenvalue weighted by Gasteiger charge is 2.08. The first-order valence-electron chi connectivity index (χ1n) is 5.45. The number of hydrogen-bond donors (Lipinski definition) is 2. The lowest BCUT2D eigenvalue weighted by molar-refractivity contribution is 0.1000. The number of carbonyl (C=O) groups excluding carboxylic acids is 1. The van der Waals surface area contributed by atoms with E-state index in [2.05, 4.69) is 5.32 Å². The number of anilines is 1. The summed E-state index contributed by atoms with van der Waals surface area (Å²) in [5.74, 6) is 0.293. The number of furan rings is 1. The quantitative estimate of drug-likeness (QED) is 0.892. The first-order valence-corrected chi connectivity index (χ1v) is 5.83. The topological polar surface area (TPSA) is 68.3 Å². The van der Waals surface area contributed by atoms with Gasteiger partial charge in [-0.15, -0.1) is 0 Å². The van der Waals surface area contributed by atoms with Gasteiger partial charge in [-0.25, -0.2) is 0 Å². The van der Waals surface area contributed by atoms with E-state index in [1.54, 1.807) is 24.3 Å². The largest absolute Gasteiger partial charge is 0.448 e. The number of primary amides is 1. The number of nitrogens with two attached hydrogens (primary N) is 1. The Morgan fingerprint density at radius 1 is 1.39 bits per heavy atom. The van der Waals surface area contributed by atoms with Crippen molar-refractivity contribution in [3.63, 3.8) is 0 Å². The van der Waals surface area contributed by atoms with Crippen molar-refractivity contribution >= 4 is 23.2 Å². The molecule has 2 rings (SSSR count). The van der Waals surface area contributed by atoms with Gasteiger partial charge < -0.3 is 15.5 Å². The van der Waals surface area contributed by atoms with Crippen molar-refractivity contribution in [2.45, 2.75) is 13.5 Å². The van der Waals surface area contributed by atoms with E-state index in [-0.39, 0.29) is 0 Å². The third-order valence-corrected chi connectivity index (χ3v) is 2.88. The van der Waals surface area contributed by atoms with Gasteiger partial charge in [-0.2, -0.15) is 0 Å². The van der Waals surface area contributed by atoms with E-state index >= 15 is 0 Å². The molecule has 0 fully saturated rings. The van der Waals surface area contributed by atoms with Crippen molar-refractivity contribution in [2.75, 3.05) is 5.32 Å². The van der Waals surface area contributed by atoms with Gasteiger partial charge in [-0.1, -0.05) is 6.07 Å². The molecule has 0 aliphatic rings. The highest BCUT2D eigenvalue weighted by Crippen LogP contribution is 2.20. The van der Waals surface area contributed by atoms with E-state index in [4.69, 9.17) is 21.8 Å². The van der Waals surface area contributed by atoms with E-state index in [1.807, 2.05) is 13.0 Å². The van der Waals surface area contributed by atoms with Gasteiger partial charge in [0.1, 0.15) is 5.76 Å². The molecule has 0 aliphatic heterocycles. The van der Waals surface area contributed by atoms with Gasteiger partial charge in [-0.3, -0.25) is 4.79 Å². The second-order valence-electron chi connectivity index (χ2n) is 3.90. The standard InChI is InChI=1S/C13H13ClN2O2/c1-8-10(13(15)17)3-2-4-11(8)16-7-9-5-6-12(14)18-9/h2-6,16H,7H2,1H3,(H2,15,17).